The molecule has 0 unspecified atom stereocenters. The van der Waals surface area contributed by atoms with Crippen LogP contribution in [0.25, 0.3) is 0 Å². The molecule has 0 saturated heterocycles. The van der Waals surface area contributed by atoms with Crippen molar-refractivity contribution in [3.8, 4) is 0 Å². The Labute approximate surface area is 218 Å². The summed E-state index contributed by atoms with van der Waals surface area (Å²) in [4.78, 5) is 40.9. The van der Waals surface area contributed by atoms with Crippen molar-refractivity contribution in [1.29, 1.82) is 0 Å². The summed E-state index contributed by atoms with van der Waals surface area (Å²) < 4.78 is 5.64. The number of ether oxygens (including phenoxy) is 1. The van der Waals surface area contributed by atoms with E-state index in [-0.39, 0.29) is 49.3 Å². The zero-order valence-electron chi connectivity index (χ0n) is 21.3. The standard InChI is InChI=1S/C30H36N2O5/c1-21-18-31-29(35)24(12-6-7-13-25(30(36)37-21)15-22-9-3-2-4-10-22)17-28(34)32-19-26-14-8-5-11-23(26)16-27(32)20-33/h2-11,14,21,24-25,27,33H,12-13,15-20H2,1H3,(H,31,35)/t21-,24+,25+,27-/m0/s1. The number of aliphatic hydroxyl groups excluding tert-OH is 1. The van der Waals surface area contributed by atoms with Gasteiger partial charge in [-0.25, -0.2) is 0 Å². The zero-order valence-corrected chi connectivity index (χ0v) is 21.3. The van der Waals surface area contributed by atoms with Crippen LogP contribution in [0.1, 0.15) is 42.9 Å². The van der Waals surface area contributed by atoms with E-state index in [4.69, 9.17) is 4.74 Å². The molecule has 7 heteroatoms. The molecule has 2 amide bonds. The molecular formula is C30H36N2O5. The highest BCUT2D eigenvalue weighted by Crippen LogP contribution is 2.26. The fourth-order valence-corrected chi connectivity index (χ4v) is 5.06. The lowest BCUT2D eigenvalue weighted by atomic mass is 9.92. The molecule has 196 valence electrons. The van der Waals surface area contributed by atoms with Crippen LogP contribution in [0.5, 0.6) is 0 Å². The summed E-state index contributed by atoms with van der Waals surface area (Å²) in [6.07, 6.45) is 5.45. The number of cyclic esters (lactones) is 1. The Hall–Kier alpha value is -3.45. The van der Waals surface area contributed by atoms with Crippen LogP contribution in [0.2, 0.25) is 0 Å². The molecule has 2 aromatic rings. The molecule has 2 N–H and O–H groups in total. The van der Waals surface area contributed by atoms with Gasteiger partial charge in [-0.1, -0.05) is 66.7 Å². The van der Waals surface area contributed by atoms with Crippen LogP contribution in [0, 0.1) is 11.8 Å². The van der Waals surface area contributed by atoms with Gasteiger partial charge in [0.05, 0.1) is 31.0 Å². The topological polar surface area (TPSA) is 95.9 Å². The highest BCUT2D eigenvalue weighted by Gasteiger charge is 2.32. The number of carbonyl (C=O) groups is 3. The van der Waals surface area contributed by atoms with Gasteiger partial charge in [-0.05, 0) is 49.3 Å². The Morgan fingerprint density at radius 3 is 2.41 bits per heavy atom. The van der Waals surface area contributed by atoms with Crippen molar-refractivity contribution in [2.24, 2.45) is 11.8 Å². The highest BCUT2D eigenvalue weighted by molar-refractivity contribution is 5.86. The summed E-state index contributed by atoms with van der Waals surface area (Å²) in [7, 11) is 0. The summed E-state index contributed by atoms with van der Waals surface area (Å²) in [6.45, 7) is 2.25. The lowest BCUT2D eigenvalue weighted by Gasteiger charge is -2.36. The predicted octanol–water partition coefficient (Wildman–Crippen LogP) is 3.20. The molecule has 2 heterocycles. The van der Waals surface area contributed by atoms with Gasteiger partial charge in [0.2, 0.25) is 11.8 Å². The van der Waals surface area contributed by atoms with E-state index < -0.39 is 12.0 Å². The minimum Gasteiger partial charge on any atom is -0.461 e. The number of nitrogens with one attached hydrogen (secondary N) is 1. The SMILES string of the molecule is C[C@H]1CNC(=O)[C@@H](CC(=O)N2Cc3ccccc3C[C@H]2CO)CC=CC[C@H](Cc2ccccc2)C(=O)O1. The van der Waals surface area contributed by atoms with E-state index >= 15 is 0 Å². The van der Waals surface area contributed by atoms with E-state index in [1.54, 1.807) is 11.8 Å². The molecule has 0 saturated carbocycles. The van der Waals surface area contributed by atoms with Gasteiger partial charge < -0.3 is 20.1 Å². The van der Waals surface area contributed by atoms with Crippen LogP contribution in [-0.2, 0) is 38.5 Å². The highest BCUT2D eigenvalue weighted by atomic mass is 16.5. The Morgan fingerprint density at radius 1 is 1.00 bits per heavy atom. The number of aliphatic hydroxyl groups is 1. The molecule has 0 bridgehead atoms. The molecule has 4 atom stereocenters. The lowest BCUT2D eigenvalue weighted by Crippen LogP contribution is -2.47. The maximum atomic E-state index is 13.4. The number of nitrogens with zero attached hydrogens (tertiary/aromatic N) is 1. The molecule has 0 spiro atoms. The molecule has 0 radical (unpaired) electrons. The maximum Gasteiger partial charge on any atom is 0.309 e. The Kier molecular flexibility index (Phi) is 9.12. The first-order valence-corrected chi connectivity index (χ1v) is 13.1. The fourth-order valence-electron chi connectivity index (χ4n) is 5.06. The van der Waals surface area contributed by atoms with Crippen molar-refractivity contribution in [1.82, 2.24) is 10.2 Å². The Balaban J connectivity index is 1.45. The van der Waals surface area contributed by atoms with E-state index in [0.29, 0.717) is 32.2 Å². The number of hydrogen-bond acceptors (Lipinski definition) is 5. The van der Waals surface area contributed by atoms with Crippen LogP contribution in [0.15, 0.2) is 66.7 Å². The quantitative estimate of drug-likeness (QED) is 0.482. The van der Waals surface area contributed by atoms with Gasteiger partial charge in [0, 0.05) is 13.0 Å². The van der Waals surface area contributed by atoms with Crippen LogP contribution < -0.4 is 5.32 Å². The van der Waals surface area contributed by atoms with E-state index in [1.165, 1.54) is 0 Å². The fraction of sp³-hybridized carbons (Fsp3) is 0.433. The van der Waals surface area contributed by atoms with E-state index in [0.717, 1.165) is 16.7 Å². The minimum atomic E-state index is -0.546. The van der Waals surface area contributed by atoms with Gasteiger partial charge in [-0.15, -0.1) is 0 Å². The van der Waals surface area contributed by atoms with Gasteiger partial charge in [0.15, 0.2) is 0 Å². The summed E-state index contributed by atoms with van der Waals surface area (Å²) in [5, 5.41) is 12.8. The molecule has 0 fully saturated rings. The minimum absolute atomic E-state index is 0.0520. The second-order valence-corrected chi connectivity index (χ2v) is 10.1. The van der Waals surface area contributed by atoms with Crippen LogP contribution in [-0.4, -0.2) is 53.1 Å². The van der Waals surface area contributed by atoms with Gasteiger partial charge in [0.25, 0.3) is 0 Å². The molecule has 2 aliphatic rings. The first kappa shape index (κ1) is 26.6. The first-order chi connectivity index (χ1) is 17.9. The average Bonchev–Trinajstić information content (AvgIpc) is 2.91. The second kappa shape index (κ2) is 12.7. The van der Waals surface area contributed by atoms with Gasteiger partial charge >= 0.3 is 5.97 Å². The summed E-state index contributed by atoms with van der Waals surface area (Å²) in [5.41, 5.74) is 3.28. The van der Waals surface area contributed by atoms with Crippen molar-refractivity contribution in [2.45, 2.75) is 57.7 Å². The van der Waals surface area contributed by atoms with E-state index in [1.807, 2.05) is 66.7 Å². The molecule has 0 aromatic heterocycles. The van der Waals surface area contributed by atoms with Crippen LogP contribution in [0.3, 0.4) is 0 Å². The number of amides is 2. The summed E-state index contributed by atoms with van der Waals surface area (Å²) in [6, 6.07) is 17.5. The van der Waals surface area contributed by atoms with E-state index in [9.17, 15) is 19.5 Å². The van der Waals surface area contributed by atoms with Crippen molar-refractivity contribution < 1.29 is 24.2 Å². The second-order valence-electron chi connectivity index (χ2n) is 10.1. The van der Waals surface area contributed by atoms with Crippen molar-refractivity contribution in [3.63, 3.8) is 0 Å². The smallest absolute Gasteiger partial charge is 0.309 e. The number of benzene rings is 2. The molecule has 7 nitrogen and oxygen atoms in total. The third-order valence-corrected chi connectivity index (χ3v) is 7.23. The number of fused-ring (bicyclic) bond motifs is 1. The molecular weight excluding hydrogens is 468 g/mol. The molecule has 37 heavy (non-hydrogen) atoms. The van der Waals surface area contributed by atoms with Crippen molar-refractivity contribution in [2.75, 3.05) is 13.2 Å². The monoisotopic (exact) mass is 504 g/mol. The largest absolute Gasteiger partial charge is 0.461 e. The maximum absolute atomic E-state index is 13.4. The normalized spacial score (nSPS) is 24.8. The molecule has 2 aromatic carbocycles. The van der Waals surface area contributed by atoms with Crippen molar-refractivity contribution >= 4 is 17.8 Å². The van der Waals surface area contributed by atoms with Gasteiger partial charge in [-0.2, -0.15) is 0 Å². The zero-order chi connectivity index (χ0) is 26.2. The molecule has 4 rings (SSSR count). The Bertz CT molecular complexity index is 1120. The molecule has 0 aliphatic carbocycles. The third kappa shape index (κ3) is 7.07. The average molecular weight is 505 g/mol. The van der Waals surface area contributed by atoms with Gasteiger partial charge in [0.1, 0.15) is 6.10 Å². The van der Waals surface area contributed by atoms with Gasteiger partial charge in [-0.3, -0.25) is 14.4 Å². The number of allylic oxidation sites excluding steroid dienone is 2. The first-order valence-electron chi connectivity index (χ1n) is 13.1. The third-order valence-electron chi connectivity index (χ3n) is 7.23. The van der Waals surface area contributed by atoms with Crippen LogP contribution in [0.4, 0.5) is 0 Å². The van der Waals surface area contributed by atoms with E-state index in [2.05, 4.69) is 5.32 Å². The Morgan fingerprint density at radius 2 is 1.68 bits per heavy atom. The number of rotatable bonds is 5. The summed E-state index contributed by atoms with van der Waals surface area (Å²) in [5.74, 6) is -1.52. The number of esters is 1. The van der Waals surface area contributed by atoms with Crippen LogP contribution >= 0.6 is 0 Å². The lowest BCUT2D eigenvalue weighted by molar-refractivity contribution is -0.153. The van der Waals surface area contributed by atoms with Crippen molar-refractivity contribution in [3.05, 3.63) is 83.4 Å². The predicted molar refractivity (Wildman–Crippen MR) is 140 cm³/mol. The molecule has 2 aliphatic heterocycles. The number of carbonyl (C=O) groups excluding carboxylic acids is 3. The summed E-state index contributed by atoms with van der Waals surface area (Å²) >= 11 is 0. The number of hydrogen-bond donors (Lipinski definition) is 2.